The Morgan fingerprint density at radius 1 is 1.64 bits per heavy atom. The van der Waals surface area contributed by atoms with Crippen LogP contribution in [0, 0.1) is 0 Å². The second-order valence-electron chi connectivity index (χ2n) is 2.81. The zero-order chi connectivity index (χ0) is 8.10. The summed E-state index contributed by atoms with van der Waals surface area (Å²) in [5.41, 5.74) is 0. The predicted octanol–water partition coefficient (Wildman–Crippen LogP) is 1.82. The first-order valence-corrected chi connectivity index (χ1v) is 4.02. The molecule has 1 rings (SSSR count). The quantitative estimate of drug-likeness (QED) is 0.713. The molecule has 1 N–H and O–H groups in total. The molecule has 0 spiro atoms. The molecule has 0 unspecified atom stereocenters. The number of hydrogen-bond acceptors (Lipinski definition) is 2. The molecule has 0 aromatic carbocycles. The summed E-state index contributed by atoms with van der Waals surface area (Å²) in [7, 11) is 1.98. The van der Waals surface area contributed by atoms with Gasteiger partial charge in [0, 0.05) is 12.5 Å². The highest BCUT2D eigenvalue weighted by atomic mass is 16.3. The van der Waals surface area contributed by atoms with Crippen LogP contribution in [0.2, 0.25) is 0 Å². The van der Waals surface area contributed by atoms with Gasteiger partial charge in [0.15, 0.2) is 0 Å². The van der Waals surface area contributed by atoms with E-state index in [4.69, 9.17) is 4.42 Å². The molecule has 11 heavy (non-hydrogen) atoms. The Morgan fingerprint density at radius 2 is 2.45 bits per heavy atom. The van der Waals surface area contributed by atoms with E-state index < -0.39 is 0 Å². The average molecular weight is 153 g/mol. The molecule has 2 heteroatoms. The minimum atomic E-state index is 0.570. The molecule has 0 saturated heterocycles. The molecule has 1 heterocycles. The minimum absolute atomic E-state index is 0.570. The Balaban J connectivity index is 2.23. The zero-order valence-electron chi connectivity index (χ0n) is 7.13. The predicted molar refractivity (Wildman–Crippen MR) is 45.6 cm³/mol. The normalized spacial score (nSPS) is 13.3. The molecule has 0 aliphatic heterocycles. The summed E-state index contributed by atoms with van der Waals surface area (Å²) in [6.45, 7) is 2.17. The van der Waals surface area contributed by atoms with Crippen molar-refractivity contribution in [1.29, 1.82) is 0 Å². The Labute approximate surface area is 67.6 Å². The molecule has 0 saturated carbocycles. The maximum atomic E-state index is 5.20. The molecule has 0 fully saturated rings. The number of aryl methyl sites for hydroxylation is 1. The first-order chi connectivity index (χ1) is 5.33. The topological polar surface area (TPSA) is 25.2 Å². The monoisotopic (exact) mass is 153 g/mol. The summed E-state index contributed by atoms with van der Waals surface area (Å²) >= 11 is 0. The average Bonchev–Trinajstić information content (AvgIpc) is 2.52. The second-order valence-corrected chi connectivity index (χ2v) is 2.81. The molecule has 0 aliphatic rings. The van der Waals surface area contributed by atoms with Crippen molar-refractivity contribution in [3.63, 3.8) is 0 Å². The van der Waals surface area contributed by atoms with Gasteiger partial charge in [-0.25, -0.2) is 0 Å². The fourth-order valence-corrected chi connectivity index (χ4v) is 0.958. The fraction of sp³-hybridized carbons (Fsp3) is 0.556. The van der Waals surface area contributed by atoms with Crippen LogP contribution in [0.25, 0.3) is 0 Å². The maximum absolute atomic E-state index is 5.20. The third-order valence-corrected chi connectivity index (χ3v) is 1.90. The fourth-order valence-electron chi connectivity index (χ4n) is 0.958. The van der Waals surface area contributed by atoms with Gasteiger partial charge in [-0.3, -0.25) is 0 Å². The van der Waals surface area contributed by atoms with Gasteiger partial charge in [-0.2, -0.15) is 0 Å². The molecule has 1 aromatic heterocycles. The lowest BCUT2D eigenvalue weighted by Crippen LogP contribution is -2.21. The van der Waals surface area contributed by atoms with Gasteiger partial charge in [-0.05, 0) is 32.5 Å². The second kappa shape index (κ2) is 4.19. The van der Waals surface area contributed by atoms with E-state index in [1.165, 1.54) is 0 Å². The maximum Gasteiger partial charge on any atom is 0.103 e. The van der Waals surface area contributed by atoms with Crippen LogP contribution in [-0.2, 0) is 6.42 Å². The first-order valence-electron chi connectivity index (χ1n) is 4.02. The summed E-state index contributed by atoms with van der Waals surface area (Å²) in [5, 5.41) is 3.19. The number of hydrogen-bond donors (Lipinski definition) is 1. The van der Waals surface area contributed by atoms with E-state index in [1.807, 2.05) is 19.2 Å². The molecule has 0 amide bonds. The van der Waals surface area contributed by atoms with Crippen LogP contribution in [0.5, 0.6) is 0 Å². The van der Waals surface area contributed by atoms with Crippen LogP contribution in [0.1, 0.15) is 19.1 Å². The van der Waals surface area contributed by atoms with Gasteiger partial charge < -0.3 is 9.73 Å². The van der Waals surface area contributed by atoms with E-state index in [-0.39, 0.29) is 0 Å². The molecule has 1 atom stereocenters. The molecule has 0 bridgehead atoms. The lowest BCUT2D eigenvalue weighted by molar-refractivity contribution is 0.475. The summed E-state index contributed by atoms with van der Waals surface area (Å²) in [5.74, 6) is 1.08. The highest BCUT2D eigenvalue weighted by Crippen LogP contribution is 2.04. The SMILES string of the molecule is CN[C@@H](C)CCc1ccco1. The van der Waals surface area contributed by atoms with Crippen molar-refractivity contribution >= 4 is 0 Å². The molecule has 0 radical (unpaired) electrons. The van der Waals surface area contributed by atoms with Gasteiger partial charge in [0.2, 0.25) is 0 Å². The zero-order valence-corrected chi connectivity index (χ0v) is 7.13. The third-order valence-electron chi connectivity index (χ3n) is 1.90. The third kappa shape index (κ3) is 2.76. The van der Waals surface area contributed by atoms with E-state index in [0.29, 0.717) is 6.04 Å². The Kier molecular flexibility index (Phi) is 3.17. The molecular formula is C9H15NO. The Bertz CT molecular complexity index is 181. The highest BCUT2D eigenvalue weighted by molar-refractivity contribution is 4.98. The summed E-state index contributed by atoms with van der Waals surface area (Å²) in [6.07, 6.45) is 3.87. The van der Waals surface area contributed by atoms with Crippen LogP contribution in [0.4, 0.5) is 0 Å². The molecule has 2 nitrogen and oxygen atoms in total. The molecule has 62 valence electrons. The van der Waals surface area contributed by atoms with Crippen molar-refractivity contribution in [2.24, 2.45) is 0 Å². The molecule has 0 aliphatic carbocycles. The molecule has 1 aromatic rings. The largest absolute Gasteiger partial charge is 0.469 e. The van der Waals surface area contributed by atoms with E-state index in [2.05, 4.69) is 12.2 Å². The van der Waals surface area contributed by atoms with Gasteiger partial charge >= 0.3 is 0 Å². The van der Waals surface area contributed by atoms with Crippen LogP contribution in [0.3, 0.4) is 0 Å². The van der Waals surface area contributed by atoms with Gasteiger partial charge in [0.25, 0.3) is 0 Å². The van der Waals surface area contributed by atoms with Gasteiger partial charge in [0.1, 0.15) is 5.76 Å². The number of furan rings is 1. The Morgan fingerprint density at radius 3 is 3.00 bits per heavy atom. The van der Waals surface area contributed by atoms with Crippen molar-refractivity contribution in [3.8, 4) is 0 Å². The number of nitrogens with one attached hydrogen (secondary N) is 1. The van der Waals surface area contributed by atoms with Crippen LogP contribution in [0.15, 0.2) is 22.8 Å². The Hall–Kier alpha value is -0.760. The summed E-state index contributed by atoms with van der Waals surface area (Å²) in [6, 6.07) is 4.52. The van der Waals surface area contributed by atoms with Crippen molar-refractivity contribution in [2.45, 2.75) is 25.8 Å². The van der Waals surface area contributed by atoms with E-state index >= 15 is 0 Å². The van der Waals surface area contributed by atoms with Gasteiger partial charge in [-0.1, -0.05) is 0 Å². The van der Waals surface area contributed by atoms with Crippen molar-refractivity contribution in [1.82, 2.24) is 5.32 Å². The van der Waals surface area contributed by atoms with Gasteiger partial charge in [0.05, 0.1) is 6.26 Å². The first kappa shape index (κ1) is 8.34. The van der Waals surface area contributed by atoms with Crippen molar-refractivity contribution in [2.75, 3.05) is 7.05 Å². The van der Waals surface area contributed by atoms with Crippen LogP contribution < -0.4 is 5.32 Å². The van der Waals surface area contributed by atoms with Crippen molar-refractivity contribution in [3.05, 3.63) is 24.2 Å². The minimum Gasteiger partial charge on any atom is -0.469 e. The van der Waals surface area contributed by atoms with Crippen LogP contribution >= 0.6 is 0 Å². The van der Waals surface area contributed by atoms with Crippen molar-refractivity contribution < 1.29 is 4.42 Å². The molecular weight excluding hydrogens is 138 g/mol. The lowest BCUT2D eigenvalue weighted by atomic mass is 10.1. The number of rotatable bonds is 4. The van der Waals surface area contributed by atoms with Crippen LogP contribution in [-0.4, -0.2) is 13.1 Å². The lowest BCUT2D eigenvalue weighted by Gasteiger charge is -2.07. The van der Waals surface area contributed by atoms with E-state index in [1.54, 1.807) is 6.26 Å². The summed E-state index contributed by atoms with van der Waals surface area (Å²) in [4.78, 5) is 0. The standard InChI is InChI=1S/C9H15NO/c1-8(10-2)5-6-9-4-3-7-11-9/h3-4,7-8,10H,5-6H2,1-2H3/t8-/m0/s1. The smallest absolute Gasteiger partial charge is 0.103 e. The van der Waals surface area contributed by atoms with Gasteiger partial charge in [-0.15, -0.1) is 0 Å². The summed E-state index contributed by atoms with van der Waals surface area (Å²) < 4.78 is 5.20. The van der Waals surface area contributed by atoms with E-state index in [0.717, 1.165) is 18.6 Å². The highest BCUT2D eigenvalue weighted by Gasteiger charge is 2.00. The van der Waals surface area contributed by atoms with E-state index in [9.17, 15) is 0 Å².